The van der Waals surface area contributed by atoms with Crippen molar-refractivity contribution in [2.24, 2.45) is 0 Å². The first-order valence-corrected chi connectivity index (χ1v) is 7.11. The number of aliphatic hydroxyl groups excluding tert-OH is 1. The van der Waals surface area contributed by atoms with Crippen LogP contribution in [0.15, 0.2) is 54.9 Å². The zero-order valence-electron chi connectivity index (χ0n) is 12.4. The minimum absolute atomic E-state index is 0.00934. The molecule has 122 valence electrons. The Morgan fingerprint density at radius 2 is 1.83 bits per heavy atom. The van der Waals surface area contributed by atoms with Crippen molar-refractivity contribution in [2.45, 2.75) is 12.6 Å². The molecule has 0 amide bonds. The van der Waals surface area contributed by atoms with Gasteiger partial charge in [-0.25, -0.2) is 14.1 Å². The first-order valence-electron chi connectivity index (χ1n) is 7.11. The Kier molecular flexibility index (Phi) is 4.30. The molecule has 0 saturated heterocycles. The van der Waals surface area contributed by atoms with E-state index in [-0.39, 0.29) is 18.0 Å². The number of nitro benzene ring substituents is 1. The lowest BCUT2D eigenvalue weighted by Gasteiger charge is -2.10. The minimum Gasteiger partial charge on any atom is -0.386 e. The molecule has 0 unspecified atom stereocenters. The number of benzene rings is 2. The van der Waals surface area contributed by atoms with Crippen LogP contribution in [-0.4, -0.2) is 24.8 Å². The first-order chi connectivity index (χ1) is 11.5. The van der Waals surface area contributed by atoms with E-state index in [4.69, 9.17) is 0 Å². The number of rotatable bonds is 5. The summed E-state index contributed by atoms with van der Waals surface area (Å²) in [6, 6.07) is 11.5. The Labute approximate surface area is 136 Å². The molecule has 1 N–H and O–H groups in total. The second-order valence-corrected chi connectivity index (χ2v) is 5.16. The lowest BCUT2D eigenvalue weighted by molar-refractivity contribution is -0.384. The zero-order valence-corrected chi connectivity index (χ0v) is 12.4. The van der Waals surface area contributed by atoms with Gasteiger partial charge in [0.05, 0.1) is 17.6 Å². The fraction of sp³-hybridized carbons (Fsp3) is 0.125. The summed E-state index contributed by atoms with van der Waals surface area (Å²) >= 11 is 0. The van der Waals surface area contributed by atoms with Crippen molar-refractivity contribution in [3.05, 3.63) is 76.4 Å². The number of hydrogen-bond donors (Lipinski definition) is 1. The van der Waals surface area contributed by atoms with Crippen LogP contribution in [0, 0.1) is 15.9 Å². The maximum absolute atomic E-state index is 12.9. The third-order valence-corrected chi connectivity index (χ3v) is 3.49. The summed E-state index contributed by atoms with van der Waals surface area (Å²) in [6.07, 6.45) is 0.612. The number of aliphatic hydroxyl groups is 1. The smallest absolute Gasteiger partial charge is 0.269 e. The van der Waals surface area contributed by atoms with Crippen molar-refractivity contribution in [1.82, 2.24) is 14.8 Å². The van der Waals surface area contributed by atoms with E-state index in [0.29, 0.717) is 17.0 Å². The predicted molar refractivity (Wildman–Crippen MR) is 83.5 cm³/mol. The highest BCUT2D eigenvalue weighted by Crippen LogP contribution is 2.20. The number of nitrogens with zero attached hydrogens (tertiary/aromatic N) is 4. The Bertz CT molecular complexity index is 847. The minimum atomic E-state index is -0.850. The van der Waals surface area contributed by atoms with Crippen LogP contribution in [0.2, 0.25) is 0 Å². The summed E-state index contributed by atoms with van der Waals surface area (Å²) < 4.78 is 14.4. The number of non-ortho nitro benzene ring substituents is 1. The van der Waals surface area contributed by atoms with Gasteiger partial charge in [0.2, 0.25) is 0 Å². The lowest BCUT2D eigenvalue weighted by Crippen LogP contribution is -2.09. The molecule has 0 aliphatic heterocycles. The average Bonchev–Trinajstić information content (AvgIpc) is 3.04. The molecule has 1 heterocycles. The summed E-state index contributed by atoms with van der Waals surface area (Å²) in [7, 11) is 0. The van der Waals surface area contributed by atoms with Gasteiger partial charge >= 0.3 is 0 Å². The van der Waals surface area contributed by atoms with Gasteiger partial charge in [0.1, 0.15) is 12.1 Å². The number of nitro groups is 1. The van der Waals surface area contributed by atoms with Crippen LogP contribution in [0.4, 0.5) is 10.1 Å². The van der Waals surface area contributed by atoms with Gasteiger partial charge in [0, 0.05) is 17.7 Å². The summed E-state index contributed by atoms with van der Waals surface area (Å²) in [4.78, 5) is 14.3. The SMILES string of the molecule is O=[N+]([O-])c1ccc(-c2ncn(C[C@H](O)c3ccc(F)cc3)n2)cc1. The molecule has 1 atom stereocenters. The average molecular weight is 328 g/mol. The van der Waals surface area contributed by atoms with E-state index in [1.54, 1.807) is 12.1 Å². The van der Waals surface area contributed by atoms with Crippen molar-refractivity contribution in [2.75, 3.05) is 0 Å². The topological polar surface area (TPSA) is 94.1 Å². The highest BCUT2D eigenvalue weighted by Gasteiger charge is 2.12. The van der Waals surface area contributed by atoms with E-state index < -0.39 is 11.0 Å². The monoisotopic (exact) mass is 328 g/mol. The van der Waals surface area contributed by atoms with Gasteiger partial charge in [-0.2, -0.15) is 5.10 Å². The Balaban J connectivity index is 1.73. The molecule has 1 aromatic heterocycles. The summed E-state index contributed by atoms with van der Waals surface area (Å²) in [6.45, 7) is 0.158. The van der Waals surface area contributed by atoms with Gasteiger partial charge in [-0.1, -0.05) is 12.1 Å². The summed E-state index contributed by atoms with van der Waals surface area (Å²) in [5.74, 6) is 0.0309. The highest BCUT2D eigenvalue weighted by atomic mass is 19.1. The molecule has 3 rings (SSSR count). The fourth-order valence-electron chi connectivity index (χ4n) is 2.21. The second-order valence-electron chi connectivity index (χ2n) is 5.16. The summed E-state index contributed by atoms with van der Waals surface area (Å²) in [5.41, 5.74) is 1.20. The van der Waals surface area contributed by atoms with Gasteiger partial charge in [-0.3, -0.25) is 10.1 Å². The van der Waals surface area contributed by atoms with E-state index in [9.17, 15) is 19.6 Å². The van der Waals surface area contributed by atoms with Crippen LogP contribution >= 0.6 is 0 Å². The molecule has 7 nitrogen and oxygen atoms in total. The van der Waals surface area contributed by atoms with Crippen molar-refractivity contribution in [1.29, 1.82) is 0 Å². The third-order valence-electron chi connectivity index (χ3n) is 3.49. The highest BCUT2D eigenvalue weighted by molar-refractivity contribution is 5.56. The fourth-order valence-corrected chi connectivity index (χ4v) is 2.21. The zero-order chi connectivity index (χ0) is 17.1. The van der Waals surface area contributed by atoms with Gasteiger partial charge in [-0.05, 0) is 29.8 Å². The normalized spacial score (nSPS) is 12.1. The van der Waals surface area contributed by atoms with E-state index in [1.807, 2.05) is 0 Å². The number of hydrogen-bond acceptors (Lipinski definition) is 5. The molecule has 3 aromatic rings. The van der Waals surface area contributed by atoms with Crippen molar-refractivity contribution >= 4 is 5.69 Å². The van der Waals surface area contributed by atoms with Crippen LogP contribution < -0.4 is 0 Å². The molecule has 0 aliphatic carbocycles. The molecule has 0 fully saturated rings. The number of aromatic nitrogens is 3. The van der Waals surface area contributed by atoms with Crippen molar-refractivity contribution in [3.8, 4) is 11.4 Å². The Morgan fingerprint density at radius 3 is 2.46 bits per heavy atom. The second kappa shape index (κ2) is 6.55. The molecule has 0 aliphatic rings. The van der Waals surface area contributed by atoms with E-state index in [0.717, 1.165) is 0 Å². The molecule has 0 radical (unpaired) electrons. The van der Waals surface area contributed by atoms with Crippen LogP contribution in [0.25, 0.3) is 11.4 Å². The van der Waals surface area contributed by atoms with E-state index >= 15 is 0 Å². The summed E-state index contributed by atoms with van der Waals surface area (Å²) in [5, 5.41) is 25.0. The molecular weight excluding hydrogens is 315 g/mol. The van der Waals surface area contributed by atoms with Crippen molar-refractivity contribution in [3.63, 3.8) is 0 Å². The predicted octanol–water partition coefficient (Wildman–Crippen LogP) is 2.73. The van der Waals surface area contributed by atoms with Crippen LogP contribution in [0.3, 0.4) is 0 Å². The van der Waals surface area contributed by atoms with E-state index in [2.05, 4.69) is 10.1 Å². The van der Waals surface area contributed by atoms with E-state index in [1.165, 1.54) is 47.4 Å². The lowest BCUT2D eigenvalue weighted by atomic mass is 10.1. The van der Waals surface area contributed by atoms with Crippen molar-refractivity contribution < 1.29 is 14.4 Å². The quantitative estimate of drug-likeness (QED) is 0.574. The van der Waals surface area contributed by atoms with Gasteiger partial charge in [0.25, 0.3) is 5.69 Å². The number of halogens is 1. The first kappa shape index (κ1) is 15.8. The molecular formula is C16H13FN4O3. The van der Waals surface area contributed by atoms with Gasteiger partial charge < -0.3 is 5.11 Å². The molecule has 0 saturated carbocycles. The molecule has 2 aromatic carbocycles. The van der Waals surface area contributed by atoms with Crippen LogP contribution in [0.1, 0.15) is 11.7 Å². The van der Waals surface area contributed by atoms with Gasteiger partial charge in [0.15, 0.2) is 5.82 Å². The molecule has 0 bridgehead atoms. The standard InChI is InChI=1S/C16H13FN4O3/c17-13-5-1-11(2-6-13)15(22)9-20-10-18-16(19-20)12-3-7-14(8-4-12)21(23)24/h1-8,10,15,22H,9H2/t15-/m0/s1. The molecule has 24 heavy (non-hydrogen) atoms. The third kappa shape index (κ3) is 3.44. The Hall–Kier alpha value is -3.13. The maximum Gasteiger partial charge on any atom is 0.269 e. The van der Waals surface area contributed by atoms with Crippen LogP contribution in [-0.2, 0) is 6.54 Å². The molecule has 8 heteroatoms. The van der Waals surface area contributed by atoms with Gasteiger partial charge in [-0.15, -0.1) is 0 Å². The Morgan fingerprint density at radius 1 is 1.17 bits per heavy atom. The van der Waals surface area contributed by atoms with Crippen LogP contribution in [0.5, 0.6) is 0 Å². The molecule has 0 spiro atoms. The largest absolute Gasteiger partial charge is 0.386 e. The maximum atomic E-state index is 12.9.